The second-order valence-corrected chi connectivity index (χ2v) is 12.2. The van der Waals surface area contributed by atoms with Gasteiger partial charge in [0, 0.05) is 25.7 Å². The number of hydrogen-bond acceptors (Lipinski definition) is 9. The monoisotopic (exact) mass is 603 g/mol. The van der Waals surface area contributed by atoms with Crippen LogP contribution in [0.1, 0.15) is 32.3 Å². The van der Waals surface area contributed by atoms with E-state index in [2.05, 4.69) is 15.5 Å². The first-order valence-corrected chi connectivity index (χ1v) is 15.1. The van der Waals surface area contributed by atoms with Gasteiger partial charge in [-0.15, -0.1) is 0 Å². The number of anilines is 1. The summed E-state index contributed by atoms with van der Waals surface area (Å²) >= 11 is 0. The molecule has 0 saturated carbocycles. The molecular weight excluding hydrogens is 566 g/mol. The molecule has 4 rings (SSSR count). The minimum atomic E-state index is -3.94. The molecule has 0 bridgehead atoms. The highest BCUT2D eigenvalue weighted by molar-refractivity contribution is 7.89. The topological polar surface area (TPSA) is 167 Å². The van der Waals surface area contributed by atoms with Crippen molar-refractivity contribution in [2.45, 2.75) is 44.0 Å². The predicted molar refractivity (Wildman–Crippen MR) is 154 cm³/mol. The van der Waals surface area contributed by atoms with Crippen molar-refractivity contribution in [1.82, 2.24) is 19.6 Å². The van der Waals surface area contributed by atoms with Gasteiger partial charge in [0.2, 0.25) is 16.8 Å². The fourth-order valence-corrected chi connectivity index (χ4v) is 6.13. The van der Waals surface area contributed by atoms with Crippen molar-refractivity contribution in [3.05, 3.63) is 60.3 Å². The number of carbonyl (C=O) groups is 1. The van der Waals surface area contributed by atoms with Crippen molar-refractivity contribution < 1.29 is 37.7 Å². The van der Waals surface area contributed by atoms with E-state index < -0.39 is 22.2 Å². The van der Waals surface area contributed by atoms with Crippen molar-refractivity contribution in [3.8, 4) is 17.2 Å². The van der Waals surface area contributed by atoms with Crippen LogP contribution in [0, 0.1) is 5.92 Å². The maximum atomic E-state index is 13.6. The summed E-state index contributed by atoms with van der Waals surface area (Å²) in [7, 11) is -3.94. The van der Waals surface area contributed by atoms with Gasteiger partial charge >= 0.3 is 6.09 Å². The Hall–Kier alpha value is -4.01. The highest BCUT2D eigenvalue weighted by Gasteiger charge is 2.30. The molecule has 4 N–H and O–H groups in total. The van der Waals surface area contributed by atoms with Crippen LogP contribution in [0.15, 0.2) is 59.6 Å². The molecule has 1 unspecified atom stereocenters. The molecule has 13 nitrogen and oxygen atoms in total. The number of amides is 1. The van der Waals surface area contributed by atoms with Crippen molar-refractivity contribution in [1.29, 1.82) is 0 Å². The third kappa shape index (κ3) is 8.27. The molecule has 0 radical (unpaired) electrons. The lowest BCUT2D eigenvalue weighted by atomic mass is 10.0. The first-order valence-electron chi connectivity index (χ1n) is 13.7. The van der Waals surface area contributed by atoms with Gasteiger partial charge in [-0.25, -0.2) is 13.2 Å². The van der Waals surface area contributed by atoms with E-state index in [9.17, 15) is 23.5 Å². The summed E-state index contributed by atoms with van der Waals surface area (Å²) in [4.78, 5) is 11.7. The molecule has 3 aromatic rings. The van der Waals surface area contributed by atoms with Crippen LogP contribution in [0.5, 0.6) is 17.2 Å². The normalized spacial score (nSPS) is 13.4. The van der Waals surface area contributed by atoms with Crippen LogP contribution < -0.4 is 19.5 Å². The van der Waals surface area contributed by atoms with Crippen LogP contribution in [-0.4, -0.2) is 83.5 Å². The summed E-state index contributed by atoms with van der Waals surface area (Å²) in [5.41, 5.74) is 0.766. The Kier molecular flexibility index (Phi) is 10.5. The van der Waals surface area contributed by atoms with Crippen LogP contribution in [0.2, 0.25) is 0 Å². The maximum Gasteiger partial charge on any atom is 0.431 e. The Morgan fingerprint density at radius 1 is 1.14 bits per heavy atom. The summed E-state index contributed by atoms with van der Waals surface area (Å²) in [5.74, 6) is 2.33. The van der Waals surface area contributed by atoms with Gasteiger partial charge in [0.25, 0.3) is 0 Å². The highest BCUT2D eigenvalue weighted by Crippen LogP contribution is 2.35. The van der Waals surface area contributed by atoms with E-state index in [1.807, 2.05) is 19.9 Å². The van der Waals surface area contributed by atoms with Crippen LogP contribution in [-0.2, 0) is 16.4 Å². The smallest absolute Gasteiger partial charge is 0.431 e. The molecule has 14 heteroatoms. The van der Waals surface area contributed by atoms with Gasteiger partial charge in [0.15, 0.2) is 11.5 Å². The van der Waals surface area contributed by atoms with Gasteiger partial charge in [0.1, 0.15) is 11.6 Å². The Balaban J connectivity index is 1.37. The molecule has 228 valence electrons. The number of aromatic amines is 1. The number of fused-ring (bicyclic) bond motifs is 1. The zero-order valence-corrected chi connectivity index (χ0v) is 24.4. The van der Waals surface area contributed by atoms with Crippen molar-refractivity contribution in [2.24, 2.45) is 5.92 Å². The van der Waals surface area contributed by atoms with E-state index in [4.69, 9.17) is 14.2 Å². The van der Waals surface area contributed by atoms with E-state index >= 15 is 0 Å². The van der Waals surface area contributed by atoms with Crippen LogP contribution in [0.3, 0.4) is 0 Å². The number of hydrogen-bond donors (Lipinski definition) is 4. The number of rotatable bonds is 16. The van der Waals surface area contributed by atoms with Gasteiger partial charge in [0.05, 0.1) is 23.7 Å². The summed E-state index contributed by atoms with van der Waals surface area (Å²) in [6.07, 6.45) is 1.17. The molecule has 0 aliphatic carbocycles. The molecule has 1 aromatic heterocycles. The van der Waals surface area contributed by atoms with E-state index in [1.54, 1.807) is 36.5 Å². The highest BCUT2D eigenvalue weighted by atomic mass is 32.2. The molecular formula is C28H37N5O8S. The largest absolute Gasteiger partial charge is 0.494 e. The van der Waals surface area contributed by atoms with Crippen molar-refractivity contribution >= 4 is 21.9 Å². The Labute approximate surface area is 245 Å². The third-order valence-corrected chi connectivity index (χ3v) is 8.47. The Bertz CT molecular complexity index is 1400. The van der Waals surface area contributed by atoms with Gasteiger partial charge in [-0.3, -0.25) is 10.3 Å². The number of sulfonamides is 1. The van der Waals surface area contributed by atoms with Crippen LogP contribution in [0.4, 0.5) is 10.6 Å². The number of benzene rings is 2. The maximum absolute atomic E-state index is 13.6. The quantitative estimate of drug-likeness (QED) is 0.107. The number of hydroxylamine groups is 2. The number of ether oxygens (including phenoxy) is 3. The van der Waals surface area contributed by atoms with Gasteiger partial charge in [-0.05, 0) is 61.1 Å². The summed E-state index contributed by atoms with van der Waals surface area (Å²) in [5, 5.41) is 30.0. The van der Waals surface area contributed by atoms with Gasteiger partial charge in [-0.1, -0.05) is 26.0 Å². The zero-order chi connectivity index (χ0) is 30.1. The Morgan fingerprint density at radius 2 is 1.90 bits per heavy atom. The molecule has 1 atom stereocenters. The van der Waals surface area contributed by atoms with E-state index in [0.717, 1.165) is 17.8 Å². The van der Waals surface area contributed by atoms with E-state index in [0.29, 0.717) is 30.4 Å². The Morgan fingerprint density at radius 3 is 2.60 bits per heavy atom. The first kappa shape index (κ1) is 30.9. The number of nitrogens with zero attached hydrogens (tertiary/aromatic N) is 3. The molecule has 2 aromatic carbocycles. The minimum absolute atomic E-state index is 0.00224. The summed E-state index contributed by atoms with van der Waals surface area (Å²) < 4.78 is 44.9. The number of nitrogens with one attached hydrogen (secondary N) is 2. The van der Waals surface area contributed by atoms with E-state index in [1.165, 1.54) is 16.4 Å². The molecule has 1 aliphatic heterocycles. The third-order valence-electron chi connectivity index (χ3n) is 6.60. The lowest BCUT2D eigenvalue weighted by Crippen LogP contribution is -2.42. The van der Waals surface area contributed by atoms with Crippen LogP contribution in [0.25, 0.3) is 0 Å². The minimum Gasteiger partial charge on any atom is -0.494 e. The summed E-state index contributed by atoms with van der Waals surface area (Å²) in [6.45, 7) is 5.24. The second-order valence-electron chi connectivity index (χ2n) is 10.3. The lowest BCUT2D eigenvalue weighted by molar-refractivity contribution is -0.0984. The van der Waals surface area contributed by atoms with Crippen molar-refractivity contribution in [2.75, 3.05) is 38.4 Å². The zero-order valence-electron chi connectivity index (χ0n) is 23.6. The average molecular weight is 604 g/mol. The molecule has 0 saturated heterocycles. The standard InChI is InChI=1S/C28H37N5O8S/c1-20(2)18-32(42(37,38)24-8-9-25-26(17-24)41-19-40-25)14-11-22(33(36)28(34)35)16-21-4-6-23(7-5-21)39-15-3-12-29-27-10-13-30-31-27/h4-10,13,17,20,22,36H,3,11-12,14-16,18-19H2,1-2H3,(H,34,35)(H2,29,30,31). The molecule has 0 spiro atoms. The van der Waals surface area contributed by atoms with Gasteiger partial charge in [-0.2, -0.15) is 14.5 Å². The lowest BCUT2D eigenvalue weighted by Gasteiger charge is -2.28. The number of carboxylic acid groups (broad SMARTS) is 1. The SMILES string of the molecule is CC(C)CN(CCC(Cc1ccc(OCCCNc2ccn[nH]2)cc1)N(O)C(=O)O)S(=O)(=O)c1ccc2c(c1)OCO2. The molecule has 1 amide bonds. The van der Waals surface area contributed by atoms with Crippen LogP contribution >= 0.6 is 0 Å². The number of aromatic nitrogens is 2. The molecule has 2 heterocycles. The van der Waals surface area contributed by atoms with Crippen molar-refractivity contribution in [3.63, 3.8) is 0 Å². The fraction of sp³-hybridized carbons (Fsp3) is 0.429. The first-order chi connectivity index (χ1) is 20.1. The van der Waals surface area contributed by atoms with E-state index in [-0.39, 0.29) is 48.6 Å². The second kappa shape index (κ2) is 14.2. The molecule has 0 fully saturated rings. The predicted octanol–water partition coefficient (Wildman–Crippen LogP) is 4.04. The fourth-order valence-electron chi connectivity index (χ4n) is 4.50. The van der Waals surface area contributed by atoms with Gasteiger partial charge < -0.3 is 24.6 Å². The molecule has 1 aliphatic rings. The number of H-pyrrole nitrogens is 1. The molecule has 42 heavy (non-hydrogen) atoms. The summed E-state index contributed by atoms with van der Waals surface area (Å²) in [6, 6.07) is 12.6. The average Bonchev–Trinajstić information content (AvgIpc) is 3.66.